The van der Waals surface area contributed by atoms with Crippen molar-refractivity contribution in [3.05, 3.63) is 40.5 Å². The molecule has 3 aromatic rings. The lowest BCUT2D eigenvalue weighted by Gasteiger charge is -2.41. The highest BCUT2D eigenvalue weighted by Gasteiger charge is 2.40. The van der Waals surface area contributed by atoms with Crippen molar-refractivity contribution in [1.82, 2.24) is 19.9 Å². The van der Waals surface area contributed by atoms with Gasteiger partial charge in [-0.1, -0.05) is 6.92 Å². The topological polar surface area (TPSA) is 121 Å². The number of alkyl halides is 3. The highest BCUT2D eigenvalue weighted by atomic mass is 32.2. The van der Waals surface area contributed by atoms with E-state index in [1.54, 1.807) is 0 Å². The summed E-state index contributed by atoms with van der Waals surface area (Å²) in [7, 11) is -3.69. The minimum Gasteiger partial charge on any atom is -0.395 e. The number of aliphatic hydroxyl groups is 1. The summed E-state index contributed by atoms with van der Waals surface area (Å²) in [6, 6.07) is 5.71. The number of sulfone groups is 1. The average Bonchev–Trinajstić information content (AvgIpc) is 3.44. The molecule has 0 radical (unpaired) electrons. The van der Waals surface area contributed by atoms with Gasteiger partial charge >= 0.3 is 6.18 Å². The van der Waals surface area contributed by atoms with Crippen LogP contribution in [0.25, 0.3) is 10.6 Å². The zero-order chi connectivity index (χ0) is 29.6. The molecule has 226 valence electrons. The maximum atomic E-state index is 14.0. The van der Waals surface area contributed by atoms with Gasteiger partial charge in [-0.2, -0.15) is 13.2 Å². The number of aryl methyl sites for hydroxylation is 1. The number of fused-ring (bicyclic) bond motifs is 3. The van der Waals surface area contributed by atoms with Gasteiger partial charge in [0.2, 0.25) is 5.95 Å². The maximum Gasteiger partial charge on any atom is 0.420 e. The number of thiophene rings is 1. The van der Waals surface area contributed by atoms with Gasteiger partial charge in [0, 0.05) is 42.8 Å². The fraction of sp³-hybridized carbons (Fsp3) is 0.519. The summed E-state index contributed by atoms with van der Waals surface area (Å²) in [5.41, 5.74) is -0.158. The van der Waals surface area contributed by atoms with E-state index in [1.807, 2.05) is 19.1 Å². The molecule has 3 aliphatic rings. The fourth-order valence-electron chi connectivity index (χ4n) is 6.00. The van der Waals surface area contributed by atoms with Crippen LogP contribution in [0.15, 0.2) is 29.3 Å². The van der Waals surface area contributed by atoms with Crippen LogP contribution in [0.5, 0.6) is 0 Å². The van der Waals surface area contributed by atoms with Gasteiger partial charge in [0.05, 0.1) is 52.4 Å². The van der Waals surface area contributed by atoms with E-state index in [9.17, 15) is 26.7 Å². The molecule has 2 fully saturated rings. The lowest BCUT2D eigenvalue weighted by atomic mass is 10.1. The van der Waals surface area contributed by atoms with Crippen molar-refractivity contribution in [3.63, 3.8) is 0 Å². The summed E-state index contributed by atoms with van der Waals surface area (Å²) >= 11 is 0.926. The average molecular weight is 625 g/mol. The summed E-state index contributed by atoms with van der Waals surface area (Å²) in [5, 5.41) is 12.5. The second-order valence-corrected chi connectivity index (χ2v) is 13.8. The maximum absolute atomic E-state index is 14.0. The quantitative estimate of drug-likeness (QED) is 0.401. The van der Waals surface area contributed by atoms with Gasteiger partial charge in [-0.3, -0.25) is 4.90 Å². The van der Waals surface area contributed by atoms with Crippen molar-refractivity contribution >= 4 is 38.6 Å². The Labute approximate surface area is 245 Å². The minimum absolute atomic E-state index is 0.00657. The second-order valence-electron chi connectivity index (χ2n) is 10.6. The highest BCUT2D eigenvalue weighted by molar-refractivity contribution is 7.91. The molecule has 0 aliphatic carbocycles. The lowest BCUT2D eigenvalue weighted by Crippen LogP contribution is -2.54. The monoisotopic (exact) mass is 624 g/mol. The van der Waals surface area contributed by atoms with E-state index >= 15 is 0 Å². The second kappa shape index (κ2) is 11.3. The molecule has 0 unspecified atom stereocenters. The number of nitrogens with one attached hydrogen (secondary N) is 1. The minimum atomic E-state index is -4.75. The third-order valence-corrected chi connectivity index (χ3v) is 11.0. The lowest BCUT2D eigenvalue weighted by molar-refractivity contribution is -0.137. The van der Waals surface area contributed by atoms with Crippen LogP contribution in [0.3, 0.4) is 0 Å². The standard InChI is InChI=1S/C27H31F3N6O4S2/c1-2-19-20(5-6-24(32-19)35-13-16-3-4-17(14-35)36(16)7-8-37)33-26-31-12-18(27(28,29)30)25(34-26)21-11-23-22(41-21)15-40-9-10-42(23,38)39/h5-6,11-12,16-17,37H,2-4,7-10,13-15H2,1H3,(H,31,33,34)/t16-,17+. The number of piperazine rings is 1. The summed E-state index contributed by atoms with van der Waals surface area (Å²) < 4.78 is 72.7. The van der Waals surface area contributed by atoms with Gasteiger partial charge in [-0.15, -0.1) is 11.3 Å². The van der Waals surface area contributed by atoms with E-state index in [1.165, 1.54) is 6.07 Å². The first kappa shape index (κ1) is 29.2. The first-order valence-electron chi connectivity index (χ1n) is 13.8. The molecule has 0 amide bonds. The first-order valence-corrected chi connectivity index (χ1v) is 16.3. The van der Waals surface area contributed by atoms with Gasteiger partial charge in [0.15, 0.2) is 9.84 Å². The Hall–Kier alpha value is -2.85. The summed E-state index contributed by atoms with van der Waals surface area (Å²) in [6.07, 6.45) is -1.29. The molecule has 42 heavy (non-hydrogen) atoms. The van der Waals surface area contributed by atoms with Crippen LogP contribution >= 0.6 is 11.3 Å². The summed E-state index contributed by atoms with van der Waals surface area (Å²) in [6.45, 7) is 4.43. The number of aliphatic hydroxyl groups excluding tert-OH is 1. The van der Waals surface area contributed by atoms with Crippen molar-refractivity contribution < 1.29 is 31.4 Å². The van der Waals surface area contributed by atoms with Gasteiger partial charge in [0.25, 0.3) is 0 Å². The number of ether oxygens (including phenoxy) is 1. The number of hydrogen-bond acceptors (Lipinski definition) is 11. The van der Waals surface area contributed by atoms with Crippen molar-refractivity contribution in [1.29, 1.82) is 0 Å². The normalized spacial score (nSPS) is 22.2. The first-order chi connectivity index (χ1) is 20.1. The molecule has 6 rings (SSSR count). The highest BCUT2D eigenvalue weighted by Crippen LogP contribution is 2.42. The SMILES string of the molecule is CCc1nc(N2C[C@H]3CC[C@@H](C2)N3CCO)ccc1Nc1ncc(C(F)(F)F)c(-c2cc3c(s2)COCCS3(=O)=O)n1. The molecular weight excluding hydrogens is 593 g/mol. The molecule has 0 spiro atoms. The Morgan fingerprint density at radius 2 is 1.95 bits per heavy atom. The number of rotatable bonds is 7. The largest absolute Gasteiger partial charge is 0.420 e. The number of nitrogens with zero attached hydrogens (tertiary/aromatic N) is 5. The van der Waals surface area contributed by atoms with Crippen molar-refractivity contribution in [2.75, 3.05) is 48.8 Å². The molecule has 2 bridgehead atoms. The molecule has 0 saturated carbocycles. The Kier molecular flexibility index (Phi) is 7.89. The van der Waals surface area contributed by atoms with E-state index in [4.69, 9.17) is 9.72 Å². The smallest absolute Gasteiger partial charge is 0.395 e. The van der Waals surface area contributed by atoms with Crippen molar-refractivity contribution in [2.24, 2.45) is 0 Å². The number of pyridine rings is 1. The molecule has 3 aliphatic heterocycles. The molecule has 2 N–H and O–H groups in total. The number of hydrogen-bond donors (Lipinski definition) is 2. The zero-order valence-corrected chi connectivity index (χ0v) is 24.5. The molecule has 0 aromatic carbocycles. The summed E-state index contributed by atoms with van der Waals surface area (Å²) in [4.78, 5) is 18.1. The van der Waals surface area contributed by atoms with Crippen LogP contribution in [0.4, 0.5) is 30.6 Å². The molecular formula is C27H31F3N6O4S2. The van der Waals surface area contributed by atoms with Gasteiger partial charge < -0.3 is 20.1 Å². The van der Waals surface area contributed by atoms with E-state index < -0.39 is 27.3 Å². The Morgan fingerprint density at radius 1 is 1.19 bits per heavy atom. The van der Waals surface area contributed by atoms with Gasteiger partial charge in [-0.05, 0) is 37.5 Å². The van der Waals surface area contributed by atoms with Crippen LogP contribution in [0.2, 0.25) is 0 Å². The predicted molar refractivity (Wildman–Crippen MR) is 152 cm³/mol. The molecule has 2 saturated heterocycles. The predicted octanol–water partition coefficient (Wildman–Crippen LogP) is 3.87. The van der Waals surface area contributed by atoms with E-state index in [0.29, 0.717) is 41.3 Å². The van der Waals surface area contributed by atoms with Crippen molar-refractivity contribution in [2.45, 2.75) is 55.9 Å². The van der Waals surface area contributed by atoms with Crippen LogP contribution < -0.4 is 10.2 Å². The van der Waals surface area contributed by atoms with Crippen molar-refractivity contribution in [3.8, 4) is 10.6 Å². The molecule has 2 atom stereocenters. The van der Waals surface area contributed by atoms with E-state index in [0.717, 1.165) is 49.3 Å². The number of halogens is 3. The molecule has 3 aromatic heterocycles. The number of aromatic nitrogens is 3. The van der Waals surface area contributed by atoms with Crippen LogP contribution in [-0.2, 0) is 33.8 Å². The molecule has 10 nitrogen and oxygen atoms in total. The fourth-order valence-corrected chi connectivity index (χ4v) is 8.84. The van der Waals surface area contributed by atoms with Crippen LogP contribution in [-0.4, -0.2) is 84.1 Å². The van der Waals surface area contributed by atoms with E-state index in [2.05, 4.69) is 25.1 Å². The van der Waals surface area contributed by atoms with Crippen LogP contribution in [0.1, 0.15) is 35.9 Å². The third-order valence-electron chi connectivity index (χ3n) is 8.02. The van der Waals surface area contributed by atoms with Gasteiger partial charge in [0.1, 0.15) is 11.4 Å². The molecule has 6 heterocycles. The Bertz CT molecular complexity index is 1570. The Morgan fingerprint density at radius 3 is 2.64 bits per heavy atom. The Balaban J connectivity index is 1.29. The number of anilines is 3. The summed E-state index contributed by atoms with van der Waals surface area (Å²) in [5.74, 6) is 0.539. The third kappa shape index (κ3) is 5.60. The van der Waals surface area contributed by atoms with E-state index in [-0.39, 0.29) is 41.3 Å². The molecule has 15 heteroatoms. The van der Waals surface area contributed by atoms with Gasteiger partial charge in [-0.25, -0.2) is 23.4 Å². The zero-order valence-electron chi connectivity index (χ0n) is 22.9. The van der Waals surface area contributed by atoms with Crippen LogP contribution in [0, 0.1) is 0 Å².